The molecule has 0 N–H and O–H groups in total. The van der Waals surface area contributed by atoms with Crippen molar-refractivity contribution in [3.8, 4) is 0 Å². The second-order valence-corrected chi connectivity index (χ2v) is 6.96. The first-order valence-electron chi connectivity index (χ1n) is 9.24. The maximum atomic E-state index is 12.5. The third kappa shape index (κ3) is 4.01. The van der Waals surface area contributed by atoms with Crippen molar-refractivity contribution < 1.29 is 9.72 Å². The van der Waals surface area contributed by atoms with Gasteiger partial charge in [-0.1, -0.05) is 18.2 Å². The van der Waals surface area contributed by atoms with Gasteiger partial charge in [-0.25, -0.2) is 4.98 Å². The maximum Gasteiger partial charge on any atom is 0.269 e. The van der Waals surface area contributed by atoms with Gasteiger partial charge in [0.2, 0.25) is 5.91 Å². The summed E-state index contributed by atoms with van der Waals surface area (Å²) in [6.07, 6.45) is 4.30. The number of nitro benzene ring substituents is 1. The van der Waals surface area contributed by atoms with Gasteiger partial charge in [0.25, 0.3) is 5.69 Å². The smallest absolute Gasteiger partial charge is 0.269 e. The molecule has 1 aromatic carbocycles. The summed E-state index contributed by atoms with van der Waals surface area (Å²) >= 11 is 0. The lowest BCUT2D eigenvalue weighted by molar-refractivity contribution is -0.384. The van der Waals surface area contributed by atoms with Crippen molar-refractivity contribution in [3.05, 3.63) is 76.2 Å². The lowest BCUT2D eigenvalue weighted by Gasteiger charge is -2.34. The highest BCUT2D eigenvalue weighted by Crippen LogP contribution is 2.14. The molecule has 0 spiro atoms. The average Bonchev–Trinajstić information content (AvgIpc) is 3.11. The lowest BCUT2D eigenvalue weighted by atomic mass is 10.1. The quantitative estimate of drug-likeness (QED) is 0.501. The molecule has 0 radical (unpaired) electrons. The molecular weight excluding hydrogens is 358 g/mol. The van der Waals surface area contributed by atoms with Gasteiger partial charge in [0.05, 0.1) is 17.0 Å². The number of imidazole rings is 1. The lowest BCUT2D eigenvalue weighted by Crippen LogP contribution is -2.48. The number of hydrogen-bond acceptors (Lipinski definition) is 5. The van der Waals surface area contributed by atoms with E-state index in [0.29, 0.717) is 13.1 Å². The molecule has 8 heteroatoms. The molecule has 0 saturated carbocycles. The van der Waals surface area contributed by atoms with Crippen LogP contribution in [-0.4, -0.2) is 56.2 Å². The Balaban J connectivity index is 1.29. The zero-order valence-electron chi connectivity index (χ0n) is 15.4. The van der Waals surface area contributed by atoms with E-state index in [1.807, 2.05) is 39.9 Å². The molecule has 3 aromatic rings. The fourth-order valence-electron chi connectivity index (χ4n) is 3.47. The molecule has 0 unspecified atom stereocenters. The summed E-state index contributed by atoms with van der Waals surface area (Å²) in [6.45, 7) is 3.74. The van der Waals surface area contributed by atoms with E-state index in [1.54, 1.807) is 12.1 Å². The van der Waals surface area contributed by atoms with Crippen molar-refractivity contribution in [1.82, 2.24) is 19.2 Å². The second-order valence-electron chi connectivity index (χ2n) is 6.96. The van der Waals surface area contributed by atoms with Crippen LogP contribution in [0.4, 0.5) is 5.69 Å². The summed E-state index contributed by atoms with van der Waals surface area (Å²) in [6, 6.07) is 12.1. The Labute approximate surface area is 162 Å². The van der Waals surface area contributed by atoms with E-state index < -0.39 is 4.92 Å². The molecule has 0 atom stereocenters. The monoisotopic (exact) mass is 379 g/mol. The topological polar surface area (TPSA) is 84.0 Å². The van der Waals surface area contributed by atoms with Gasteiger partial charge in [-0.2, -0.15) is 0 Å². The third-order valence-corrected chi connectivity index (χ3v) is 5.03. The number of rotatable bonds is 5. The van der Waals surface area contributed by atoms with Crippen LogP contribution in [0.2, 0.25) is 0 Å². The van der Waals surface area contributed by atoms with E-state index in [0.717, 1.165) is 36.5 Å². The number of non-ortho nitro benzene ring substituents is 1. The Morgan fingerprint density at radius 1 is 1.07 bits per heavy atom. The zero-order chi connectivity index (χ0) is 19.5. The van der Waals surface area contributed by atoms with Crippen LogP contribution in [0.3, 0.4) is 0 Å². The number of piperazine rings is 1. The summed E-state index contributed by atoms with van der Waals surface area (Å²) in [7, 11) is 0. The van der Waals surface area contributed by atoms with Crippen LogP contribution in [0.5, 0.6) is 0 Å². The number of pyridine rings is 1. The Bertz CT molecular complexity index is 958. The summed E-state index contributed by atoms with van der Waals surface area (Å²) in [5.41, 5.74) is 2.80. The van der Waals surface area contributed by atoms with Gasteiger partial charge in [-0.3, -0.25) is 19.8 Å². The molecule has 28 heavy (non-hydrogen) atoms. The Hall–Kier alpha value is -3.26. The van der Waals surface area contributed by atoms with Crippen LogP contribution < -0.4 is 0 Å². The van der Waals surface area contributed by atoms with Gasteiger partial charge in [0.1, 0.15) is 5.65 Å². The van der Waals surface area contributed by atoms with E-state index in [2.05, 4.69) is 9.88 Å². The number of amides is 1. The van der Waals surface area contributed by atoms with Gasteiger partial charge < -0.3 is 9.30 Å². The molecule has 144 valence electrons. The van der Waals surface area contributed by atoms with Gasteiger partial charge in [-0.05, 0) is 17.7 Å². The van der Waals surface area contributed by atoms with Crippen molar-refractivity contribution in [2.45, 2.75) is 13.0 Å². The molecular formula is C20H21N5O3. The van der Waals surface area contributed by atoms with Crippen molar-refractivity contribution in [1.29, 1.82) is 0 Å². The Morgan fingerprint density at radius 2 is 1.82 bits per heavy atom. The van der Waals surface area contributed by atoms with Gasteiger partial charge in [-0.15, -0.1) is 0 Å². The molecule has 1 amide bonds. The number of carbonyl (C=O) groups is 1. The summed E-state index contributed by atoms with van der Waals surface area (Å²) in [4.78, 5) is 31.6. The first-order chi connectivity index (χ1) is 13.6. The minimum absolute atomic E-state index is 0.0387. The Kier molecular flexibility index (Phi) is 5.03. The number of nitrogens with zero attached hydrogens (tertiary/aromatic N) is 5. The number of benzene rings is 1. The average molecular weight is 379 g/mol. The van der Waals surface area contributed by atoms with Gasteiger partial charge >= 0.3 is 0 Å². The highest BCUT2D eigenvalue weighted by molar-refractivity contribution is 5.79. The molecule has 1 fully saturated rings. The fourth-order valence-corrected chi connectivity index (χ4v) is 3.47. The number of nitro groups is 1. The molecule has 0 aliphatic carbocycles. The molecule has 0 bridgehead atoms. The first kappa shape index (κ1) is 18.1. The standard InChI is InChI=1S/C20H21N5O3/c26-20(13-16-4-6-18(7-5-16)25(27)28)23-11-9-22(10-12-23)14-17-15-24-8-2-1-3-19(24)21-17/h1-8,15H,9-14H2. The maximum absolute atomic E-state index is 12.5. The van der Waals surface area contributed by atoms with E-state index in [1.165, 1.54) is 12.1 Å². The normalized spacial score (nSPS) is 15.1. The van der Waals surface area contributed by atoms with Crippen molar-refractivity contribution in [3.63, 3.8) is 0 Å². The number of hydrogen-bond donors (Lipinski definition) is 0. The largest absolute Gasteiger partial charge is 0.340 e. The number of fused-ring (bicyclic) bond motifs is 1. The van der Waals surface area contributed by atoms with Gasteiger partial charge in [0.15, 0.2) is 0 Å². The third-order valence-electron chi connectivity index (χ3n) is 5.03. The summed E-state index contributed by atoms with van der Waals surface area (Å²) in [5.74, 6) is 0.0567. The first-order valence-corrected chi connectivity index (χ1v) is 9.24. The van der Waals surface area contributed by atoms with Crippen LogP contribution in [0.1, 0.15) is 11.3 Å². The van der Waals surface area contributed by atoms with Crippen LogP contribution in [0.25, 0.3) is 5.65 Å². The highest BCUT2D eigenvalue weighted by Gasteiger charge is 2.22. The second kappa shape index (κ2) is 7.77. The molecule has 1 saturated heterocycles. The van der Waals surface area contributed by atoms with Crippen LogP contribution in [0.15, 0.2) is 54.9 Å². The van der Waals surface area contributed by atoms with Crippen molar-refractivity contribution >= 4 is 17.2 Å². The van der Waals surface area contributed by atoms with E-state index in [9.17, 15) is 14.9 Å². The molecule has 2 aromatic heterocycles. The van der Waals surface area contributed by atoms with Crippen molar-refractivity contribution in [2.75, 3.05) is 26.2 Å². The molecule has 3 heterocycles. The number of carbonyl (C=O) groups excluding carboxylic acids is 1. The minimum atomic E-state index is -0.437. The highest BCUT2D eigenvalue weighted by atomic mass is 16.6. The SMILES string of the molecule is O=C(Cc1ccc([N+](=O)[O-])cc1)N1CCN(Cc2cn3ccccc3n2)CC1. The molecule has 1 aliphatic heterocycles. The van der Waals surface area contributed by atoms with Gasteiger partial charge in [0, 0.05) is 57.3 Å². The molecule has 1 aliphatic rings. The van der Waals surface area contributed by atoms with E-state index >= 15 is 0 Å². The molecule has 4 rings (SSSR count). The zero-order valence-corrected chi connectivity index (χ0v) is 15.4. The fraction of sp³-hybridized carbons (Fsp3) is 0.300. The predicted octanol–water partition coefficient (Wildman–Crippen LogP) is 2.13. The summed E-state index contributed by atoms with van der Waals surface area (Å²) in [5, 5.41) is 10.7. The van der Waals surface area contributed by atoms with E-state index in [4.69, 9.17) is 0 Å². The summed E-state index contributed by atoms with van der Waals surface area (Å²) < 4.78 is 2.01. The predicted molar refractivity (Wildman–Crippen MR) is 104 cm³/mol. The minimum Gasteiger partial charge on any atom is -0.340 e. The van der Waals surface area contributed by atoms with Crippen LogP contribution in [-0.2, 0) is 17.8 Å². The number of aromatic nitrogens is 2. The Morgan fingerprint density at radius 3 is 2.50 bits per heavy atom. The van der Waals surface area contributed by atoms with Crippen molar-refractivity contribution in [2.24, 2.45) is 0 Å². The van der Waals surface area contributed by atoms with Crippen LogP contribution >= 0.6 is 0 Å². The van der Waals surface area contributed by atoms with E-state index in [-0.39, 0.29) is 18.0 Å². The molecule has 8 nitrogen and oxygen atoms in total. The van der Waals surface area contributed by atoms with Crippen LogP contribution in [0, 0.1) is 10.1 Å².